The van der Waals surface area contributed by atoms with Crippen LogP contribution in [0.5, 0.6) is 0 Å². The van der Waals surface area contributed by atoms with Crippen molar-refractivity contribution in [1.29, 1.82) is 0 Å². The van der Waals surface area contributed by atoms with E-state index < -0.39 is 5.66 Å². The van der Waals surface area contributed by atoms with E-state index in [2.05, 4.69) is 25.9 Å². The molecule has 0 unspecified atom stereocenters. The van der Waals surface area contributed by atoms with Gasteiger partial charge < -0.3 is 11.5 Å². The fourth-order valence-electron chi connectivity index (χ4n) is 3.13. The number of hydrogen-bond acceptors (Lipinski definition) is 5. The largest absolute Gasteiger partial charge is 0.369 e. The first-order chi connectivity index (χ1) is 10.0. The van der Waals surface area contributed by atoms with E-state index >= 15 is 0 Å². The van der Waals surface area contributed by atoms with E-state index in [-0.39, 0.29) is 5.96 Å². The van der Waals surface area contributed by atoms with Gasteiger partial charge in [0.1, 0.15) is 5.66 Å². The molecule has 1 spiro atoms. The molecule has 3 rings (SSSR count). The molecule has 1 fully saturated rings. The summed E-state index contributed by atoms with van der Waals surface area (Å²) in [4.78, 5) is 10.7. The van der Waals surface area contributed by atoms with E-state index in [1.807, 2.05) is 23.1 Å². The summed E-state index contributed by atoms with van der Waals surface area (Å²) in [6, 6.07) is 5.68. The molecule has 1 aromatic carbocycles. The Morgan fingerprint density at radius 1 is 1.19 bits per heavy atom. The summed E-state index contributed by atoms with van der Waals surface area (Å²) >= 11 is 9.86. The Balaban J connectivity index is 2.13. The summed E-state index contributed by atoms with van der Waals surface area (Å²) in [5.74, 6) is 0.598. The molecule has 0 aromatic heterocycles. The van der Waals surface area contributed by atoms with Crippen LogP contribution in [0.1, 0.15) is 32.1 Å². The van der Waals surface area contributed by atoms with E-state index in [9.17, 15) is 0 Å². The van der Waals surface area contributed by atoms with Gasteiger partial charge in [0.15, 0.2) is 0 Å². The quantitative estimate of drug-likeness (QED) is 0.796. The lowest BCUT2D eigenvalue weighted by atomic mass is 9.87. The number of aliphatic imine (C=N–C) groups is 2. The van der Waals surface area contributed by atoms with E-state index in [0.717, 1.165) is 35.8 Å². The zero-order chi connectivity index (χ0) is 15.0. The van der Waals surface area contributed by atoms with Crippen LogP contribution < -0.4 is 16.4 Å². The first-order valence-electron chi connectivity index (χ1n) is 6.97. The highest BCUT2D eigenvalue weighted by molar-refractivity contribution is 9.10. The predicted molar refractivity (Wildman–Crippen MR) is 90.7 cm³/mol. The predicted octanol–water partition coefficient (Wildman–Crippen LogP) is 3.21. The summed E-state index contributed by atoms with van der Waals surface area (Å²) in [5, 5.41) is 0.622. The van der Waals surface area contributed by atoms with Gasteiger partial charge in [-0.1, -0.05) is 34.0 Å². The summed E-state index contributed by atoms with van der Waals surface area (Å²) in [7, 11) is 0. The van der Waals surface area contributed by atoms with Crippen LogP contribution in [0.3, 0.4) is 0 Å². The maximum absolute atomic E-state index is 6.38. The third-order valence-electron chi connectivity index (χ3n) is 4.00. The van der Waals surface area contributed by atoms with Crippen molar-refractivity contribution in [3.8, 4) is 0 Å². The molecule has 1 heterocycles. The molecule has 0 bridgehead atoms. The number of halogens is 2. The van der Waals surface area contributed by atoms with Gasteiger partial charge in [0.2, 0.25) is 11.9 Å². The molecule has 2 aliphatic rings. The summed E-state index contributed by atoms with van der Waals surface area (Å²) in [5.41, 5.74) is 12.4. The molecule has 4 N–H and O–H groups in total. The second kappa shape index (κ2) is 5.50. The van der Waals surface area contributed by atoms with Crippen molar-refractivity contribution >= 4 is 45.1 Å². The highest BCUT2D eigenvalue weighted by Gasteiger charge is 2.43. The topological polar surface area (TPSA) is 80.0 Å². The molecular weight excluding hydrogens is 354 g/mol. The molecule has 5 nitrogen and oxygen atoms in total. The Hall–Kier alpha value is -1.27. The number of anilines is 1. The standard InChI is InChI=1S/C14H17BrClN5/c15-9-4-5-10(16)11(8-9)21-13(18)19-12(17)20-14(21)6-2-1-3-7-14/h4-5,8H,1-3,6-7H2,(H4,17,18,19,20). The minimum Gasteiger partial charge on any atom is -0.369 e. The van der Waals surface area contributed by atoms with Crippen molar-refractivity contribution in [2.45, 2.75) is 37.8 Å². The molecular formula is C14H17BrClN5. The highest BCUT2D eigenvalue weighted by Crippen LogP contribution is 2.42. The Morgan fingerprint density at radius 3 is 2.62 bits per heavy atom. The number of rotatable bonds is 1. The van der Waals surface area contributed by atoms with Gasteiger partial charge in [-0.15, -0.1) is 0 Å². The Kier molecular flexibility index (Phi) is 3.84. The van der Waals surface area contributed by atoms with Crippen molar-refractivity contribution in [3.63, 3.8) is 0 Å². The summed E-state index contributed by atoms with van der Waals surface area (Å²) in [6.07, 6.45) is 5.17. The van der Waals surface area contributed by atoms with Crippen LogP contribution >= 0.6 is 27.5 Å². The first kappa shape index (κ1) is 14.7. The maximum Gasteiger partial charge on any atom is 0.220 e. The van der Waals surface area contributed by atoms with E-state index in [4.69, 9.17) is 23.1 Å². The molecule has 1 saturated carbocycles. The van der Waals surface area contributed by atoms with Crippen molar-refractivity contribution in [1.82, 2.24) is 0 Å². The molecule has 0 atom stereocenters. The smallest absolute Gasteiger partial charge is 0.220 e. The fourth-order valence-corrected chi connectivity index (χ4v) is 3.68. The number of benzene rings is 1. The van der Waals surface area contributed by atoms with Crippen molar-refractivity contribution in [3.05, 3.63) is 27.7 Å². The monoisotopic (exact) mass is 369 g/mol. The molecule has 1 aromatic rings. The van der Waals surface area contributed by atoms with E-state index in [1.54, 1.807) is 0 Å². The molecule has 0 saturated heterocycles. The van der Waals surface area contributed by atoms with Crippen LogP contribution in [0.2, 0.25) is 5.02 Å². The highest BCUT2D eigenvalue weighted by atomic mass is 79.9. The van der Waals surface area contributed by atoms with Gasteiger partial charge in [-0.2, -0.15) is 4.99 Å². The Labute approximate surface area is 137 Å². The average molecular weight is 371 g/mol. The maximum atomic E-state index is 6.38. The number of hydrogen-bond donors (Lipinski definition) is 2. The molecule has 21 heavy (non-hydrogen) atoms. The normalized spacial score (nSPS) is 21.1. The second-order valence-corrected chi connectivity index (χ2v) is 6.74. The lowest BCUT2D eigenvalue weighted by Crippen LogP contribution is -2.58. The van der Waals surface area contributed by atoms with E-state index in [1.165, 1.54) is 6.42 Å². The van der Waals surface area contributed by atoms with Crippen molar-refractivity contribution < 1.29 is 0 Å². The Morgan fingerprint density at radius 2 is 1.90 bits per heavy atom. The van der Waals surface area contributed by atoms with Crippen LogP contribution in [0.4, 0.5) is 5.69 Å². The van der Waals surface area contributed by atoms with Crippen LogP contribution in [0.15, 0.2) is 32.7 Å². The van der Waals surface area contributed by atoms with Gasteiger partial charge in [0, 0.05) is 4.47 Å². The van der Waals surface area contributed by atoms with Gasteiger partial charge in [-0.3, -0.25) is 4.90 Å². The minimum absolute atomic E-state index is 0.247. The second-order valence-electron chi connectivity index (χ2n) is 5.41. The molecule has 1 aliphatic carbocycles. The lowest BCUT2D eigenvalue weighted by Gasteiger charge is -2.45. The summed E-state index contributed by atoms with van der Waals surface area (Å²) in [6.45, 7) is 0. The molecule has 1 aliphatic heterocycles. The van der Waals surface area contributed by atoms with Crippen molar-refractivity contribution in [2.24, 2.45) is 21.5 Å². The SMILES string of the molecule is NC1=NC2(CCCCC2)N(c2cc(Br)ccc2Cl)C(N)=N1. The van der Waals surface area contributed by atoms with Crippen LogP contribution in [0, 0.1) is 0 Å². The summed E-state index contributed by atoms with van der Waals surface area (Å²) < 4.78 is 0.934. The number of nitrogens with zero attached hydrogens (tertiary/aromatic N) is 3. The minimum atomic E-state index is -0.460. The lowest BCUT2D eigenvalue weighted by molar-refractivity contribution is 0.305. The van der Waals surface area contributed by atoms with Gasteiger partial charge in [0.25, 0.3) is 0 Å². The Bertz CT molecular complexity index is 622. The third-order valence-corrected chi connectivity index (χ3v) is 4.81. The molecule has 7 heteroatoms. The van der Waals surface area contributed by atoms with E-state index in [0.29, 0.717) is 11.0 Å². The zero-order valence-electron chi connectivity index (χ0n) is 11.5. The molecule has 112 valence electrons. The first-order valence-corrected chi connectivity index (χ1v) is 8.14. The van der Waals surface area contributed by atoms with Gasteiger partial charge in [-0.25, -0.2) is 4.99 Å². The average Bonchev–Trinajstić information content (AvgIpc) is 2.42. The zero-order valence-corrected chi connectivity index (χ0v) is 13.9. The van der Waals surface area contributed by atoms with Crippen molar-refractivity contribution in [2.75, 3.05) is 4.90 Å². The third kappa shape index (κ3) is 2.62. The van der Waals surface area contributed by atoms with Gasteiger partial charge in [0.05, 0.1) is 10.7 Å². The van der Waals surface area contributed by atoms with Crippen LogP contribution in [0.25, 0.3) is 0 Å². The number of nitrogens with two attached hydrogens (primary N) is 2. The fraction of sp³-hybridized carbons (Fsp3) is 0.429. The molecule has 0 radical (unpaired) electrons. The number of guanidine groups is 2. The van der Waals surface area contributed by atoms with Crippen LogP contribution in [-0.2, 0) is 0 Å². The molecule has 0 amide bonds. The van der Waals surface area contributed by atoms with Gasteiger partial charge >= 0.3 is 0 Å². The van der Waals surface area contributed by atoms with Crippen LogP contribution in [-0.4, -0.2) is 17.6 Å². The van der Waals surface area contributed by atoms with Gasteiger partial charge in [-0.05, 0) is 43.9 Å².